The van der Waals surface area contributed by atoms with E-state index in [9.17, 15) is 9.50 Å². The lowest BCUT2D eigenvalue weighted by molar-refractivity contribution is 0.187. The standard InChI is InChI=1S/C13H11BrClFO2/c1-7(17)4-9-2-3-12(18-9)13-10(14)5-8(16)6-11(13)15/h2-3,5-7,17H,4H2,1H3. The molecule has 0 radical (unpaired) electrons. The van der Waals surface area contributed by atoms with Crippen molar-refractivity contribution in [2.24, 2.45) is 0 Å². The topological polar surface area (TPSA) is 33.4 Å². The van der Waals surface area contributed by atoms with Crippen molar-refractivity contribution in [1.82, 2.24) is 0 Å². The molecule has 0 aliphatic heterocycles. The van der Waals surface area contributed by atoms with Crippen LogP contribution in [0.3, 0.4) is 0 Å². The van der Waals surface area contributed by atoms with E-state index in [-0.39, 0.29) is 5.02 Å². The summed E-state index contributed by atoms with van der Waals surface area (Å²) >= 11 is 9.27. The minimum atomic E-state index is -0.476. The summed E-state index contributed by atoms with van der Waals surface area (Å²) in [5.41, 5.74) is 0.606. The van der Waals surface area contributed by atoms with Crippen molar-refractivity contribution in [2.75, 3.05) is 0 Å². The van der Waals surface area contributed by atoms with E-state index in [0.29, 0.717) is 28.0 Å². The summed E-state index contributed by atoms with van der Waals surface area (Å²) in [7, 11) is 0. The van der Waals surface area contributed by atoms with Crippen LogP contribution in [0.4, 0.5) is 4.39 Å². The van der Waals surface area contributed by atoms with Crippen molar-refractivity contribution in [2.45, 2.75) is 19.4 Å². The van der Waals surface area contributed by atoms with Gasteiger partial charge in [0.1, 0.15) is 17.3 Å². The van der Waals surface area contributed by atoms with Crippen LogP contribution in [0.1, 0.15) is 12.7 Å². The predicted molar refractivity (Wildman–Crippen MR) is 72.2 cm³/mol. The lowest BCUT2D eigenvalue weighted by Gasteiger charge is -2.05. The molecule has 2 aromatic rings. The zero-order chi connectivity index (χ0) is 13.3. The van der Waals surface area contributed by atoms with Gasteiger partial charge in [-0.3, -0.25) is 0 Å². The molecule has 1 N–H and O–H groups in total. The van der Waals surface area contributed by atoms with Crippen molar-refractivity contribution < 1.29 is 13.9 Å². The summed E-state index contributed by atoms with van der Waals surface area (Å²) in [6.07, 6.45) is -0.0488. The van der Waals surface area contributed by atoms with E-state index in [2.05, 4.69) is 15.9 Å². The number of benzene rings is 1. The molecule has 1 heterocycles. The molecule has 96 valence electrons. The summed E-state index contributed by atoms with van der Waals surface area (Å²) in [6.45, 7) is 1.68. The Morgan fingerprint density at radius 2 is 2.17 bits per heavy atom. The molecule has 0 aliphatic rings. The molecule has 1 aromatic heterocycles. The Morgan fingerprint density at radius 3 is 2.78 bits per heavy atom. The minimum absolute atomic E-state index is 0.278. The Hall–Kier alpha value is -0.840. The van der Waals surface area contributed by atoms with Crippen molar-refractivity contribution in [3.05, 3.63) is 45.3 Å². The largest absolute Gasteiger partial charge is 0.461 e. The van der Waals surface area contributed by atoms with Crippen LogP contribution in [0.15, 0.2) is 33.2 Å². The van der Waals surface area contributed by atoms with E-state index in [1.54, 1.807) is 19.1 Å². The van der Waals surface area contributed by atoms with Gasteiger partial charge in [0.25, 0.3) is 0 Å². The van der Waals surface area contributed by atoms with Gasteiger partial charge in [0.15, 0.2) is 0 Å². The third kappa shape index (κ3) is 2.94. The van der Waals surface area contributed by atoms with Crippen molar-refractivity contribution >= 4 is 27.5 Å². The fourth-order valence-electron chi connectivity index (χ4n) is 1.69. The summed E-state index contributed by atoms with van der Waals surface area (Å²) in [5, 5.41) is 9.56. The Morgan fingerprint density at radius 1 is 1.44 bits per heavy atom. The molecule has 1 atom stereocenters. The van der Waals surface area contributed by atoms with Crippen molar-refractivity contribution in [3.8, 4) is 11.3 Å². The quantitative estimate of drug-likeness (QED) is 0.901. The van der Waals surface area contributed by atoms with E-state index in [1.165, 1.54) is 12.1 Å². The third-order valence-corrected chi connectivity index (χ3v) is 3.34. The average Bonchev–Trinajstić information content (AvgIpc) is 2.63. The first-order valence-corrected chi connectivity index (χ1v) is 6.56. The Bertz CT molecular complexity index is 543. The van der Waals surface area contributed by atoms with Gasteiger partial charge in [-0.1, -0.05) is 11.6 Å². The van der Waals surface area contributed by atoms with Crippen LogP contribution in [0.2, 0.25) is 5.02 Å². The number of furan rings is 1. The third-order valence-electron chi connectivity index (χ3n) is 2.41. The molecule has 0 spiro atoms. The highest BCUT2D eigenvalue weighted by Crippen LogP contribution is 2.36. The maximum Gasteiger partial charge on any atom is 0.136 e. The summed E-state index contributed by atoms with van der Waals surface area (Å²) < 4.78 is 19.2. The number of hydrogen-bond donors (Lipinski definition) is 1. The second-order valence-corrected chi connectivity index (χ2v) is 5.33. The zero-order valence-corrected chi connectivity index (χ0v) is 11.9. The van der Waals surface area contributed by atoms with E-state index in [4.69, 9.17) is 16.0 Å². The van der Waals surface area contributed by atoms with Crippen LogP contribution in [0.5, 0.6) is 0 Å². The van der Waals surface area contributed by atoms with Gasteiger partial charge in [-0.25, -0.2) is 4.39 Å². The van der Waals surface area contributed by atoms with Gasteiger partial charge in [-0.15, -0.1) is 0 Å². The number of aliphatic hydroxyl groups is 1. The molecule has 5 heteroatoms. The Balaban J connectivity index is 2.40. The molecule has 1 aromatic carbocycles. The van der Waals surface area contributed by atoms with E-state index in [1.807, 2.05) is 0 Å². The molecule has 0 saturated carbocycles. The second kappa shape index (κ2) is 5.43. The van der Waals surface area contributed by atoms with Crippen molar-refractivity contribution in [3.63, 3.8) is 0 Å². The first kappa shape index (κ1) is 13.6. The normalized spacial score (nSPS) is 12.7. The van der Waals surface area contributed by atoms with Gasteiger partial charge >= 0.3 is 0 Å². The van der Waals surface area contributed by atoms with Crippen LogP contribution >= 0.6 is 27.5 Å². The van der Waals surface area contributed by atoms with Crippen LogP contribution in [0.25, 0.3) is 11.3 Å². The lowest BCUT2D eigenvalue weighted by atomic mass is 10.1. The van der Waals surface area contributed by atoms with Crippen LogP contribution in [-0.2, 0) is 6.42 Å². The molecule has 0 bridgehead atoms. The zero-order valence-electron chi connectivity index (χ0n) is 9.58. The fourth-order valence-corrected chi connectivity index (χ4v) is 2.73. The van der Waals surface area contributed by atoms with Crippen LogP contribution < -0.4 is 0 Å². The highest BCUT2D eigenvalue weighted by molar-refractivity contribution is 9.10. The van der Waals surface area contributed by atoms with Crippen LogP contribution in [-0.4, -0.2) is 11.2 Å². The first-order valence-electron chi connectivity index (χ1n) is 5.39. The van der Waals surface area contributed by atoms with E-state index >= 15 is 0 Å². The summed E-state index contributed by atoms with van der Waals surface area (Å²) in [5.74, 6) is 0.793. The van der Waals surface area contributed by atoms with Gasteiger partial charge in [0.05, 0.1) is 16.7 Å². The molecule has 2 rings (SSSR count). The Labute approximate surface area is 118 Å². The molecule has 0 saturated heterocycles. The molecule has 0 fully saturated rings. The highest BCUT2D eigenvalue weighted by atomic mass is 79.9. The number of aliphatic hydroxyl groups excluding tert-OH is 1. The monoisotopic (exact) mass is 332 g/mol. The van der Waals surface area contributed by atoms with Gasteiger partial charge in [-0.2, -0.15) is 0 Å². The molecule has 1 unspecified atom stereocenters. The van der Waals surface area contributed by atoms with Crippen molar-refractivity contribution in [1.29, 1.82) is 0 Å². The van der Waals surface area contributed by atoms with Crippen LogP contribution in [0, 0.1) is 5.82 Å². The fraction of sp³-hybridized carbons (Fsp3) is 0.231. The molecule has 18 heavy (non-hydrogen) atoms. The summed E-state index contributed by atoms with van der Waals surface area (Å²) in [6, 6.07) is 6.09. The highest BCUT2D eigenvalue weighted by Gasteiger charge is 2.14. The van der Waals surface area contributed by atoms with Gasteiger partial charge < -0.3 is 9.52 Å². The SMILES string of the molecule is CC(O)Cc1ccc(-c2c(Cl)cc(F)cc2Br)o1. The average molecular weight is 334 g/mol. The smallest absolute Gasteiger partial charge is 0.136 e. The van der Waals surface area contributed by atoms with E-state index < -0.39 is 11.9 Å². The van der Waals surface area contributed by atoms with Gasteiger partial charge in [-0.05, 0) is 47.1 Å². The molecule has 2 nitrogen and oxygen atoms in total. The number of rotatable bonds is 3. The number of hydrogen-bond acceptors (Lipinski definition) is 2. The molecular formula is C13H11BrClFO2. The molecule has 0 aliphatic carbocycles. The first-order chi connectivity index (χ1) is 8.47. The van der Waals surface area contributed by atoms with Gasteiger partial charge in [0.2, 0.25) is 0 Å². The minimum Gasteiger partial charge on any atom is -0.461 e. The maximum atomic E-state index is 13.1. The molecular weight excluding hydrogens is 322 g/mol. The second-order valence-electron chi connectivity index (χ2n) is 4.06. The van der Waals surface area contributed by atoms with Gasteiger partial charge in [0, 0.05) is 10.9 Å². The summed E-state index contributed by atoms with van der Waals surface area (Å²) in [4.78, 5) is 0. The molecule has 0 amide bonds. The lowest BCUT2D eigenvalue weighted by Crippen LogP contribution is -2.02. The number of halogens is 3. The predicted octanol–water partition coefficient (Wildman–Crippen LogP) is 4.42. The maximum absolute atomic E-state index is 13.1. The Kier molecular flexibility index (Phi) is 4.10. The van der Waals surface area contributed by atoms with E-state index in [0.717, 1.165) is 0 Å².